The molecule has 0 spiro atoms. The molecular weight excluding hydrogens is 360 g/mol. The fourth-order valence-corrected chi connectivity index (χ4v) is 6.68. The minimum atomic E-state index is -1.28. The summed E-state index contributed by atoms with van der Waals surface area (Å²) in [4.78, 5) is 25.2. The summed E-state index contributed by atoms with van der Waals surface area (Å²) in [5.41, 5.74) is -1.42. The molecule has 6 nitrogen and oxygen atoms in total. The second kappa shape index (κ2) is 5.36. The van der Waals surface area contributed by atoms with Gasteiger partial charge in [-0.3, -0.25) is 4.79 Å². The molecule has 2 bridgehead atoms. The average Bonchev–Trinajstić information content (AvgIpc) is 3.15. The zero-order valence-electron chi connectivity index (χ0n) is 16.4. The third-order valence-corrected chi connectivity index (χ3v) is 8.48. The molecule has 28 heavy (non-hydrogen) atoms. The highest BCUT2D eigenvalue weighted by atomic mass is 16.6. The molecule has 0 amide bonds. The number of carbonyl (C=O) groups is 2. The van der Waals surface area contributed by atoms with Crippen molar-refractivity contribution >= 4 is 11.9 Å². The van der Waals surface area contributed by atoms with Crippen LogP contribution in [0.3, 0.4) is 0 Å². The molecule has 7 atom stereocenters. The maximum absolute atomic E-state index is 12.7. The second-order valence-corrected chi connectivity index (χ2v) is 9.39. The van der Waals surface area contributed by atoms with Crippen molar-refractivity contribution in [1.29, 1.82) is 0 Å². The Labute approximate surface area is 164 Å². The molecular formula is C22H26O6. The van der Waals surface area contributed by atoms with Gasteiger partial charge in [-0.2, -0.15) is 0 Å². The predicted octanol–water partition coefficient (Wildman–Crippen LogP) is 2.69. The van der Waals surface area contributed by atoms with Gasteiger partial charge in [0.2, 0.25) is 0 Å². The van der Waals surface area contributed by atoms with E-state index in [0.717, 1.165) is 0 Å². The van der Waals surface area contributed by atoms with Crippen molar-refractivity contribution in [2.75, 3.05) is 6.61 Å². The maximum atomic E-state index is 12.7. The Bertz CT molecular complexity index is 854. The first-order chi connectivity index (χ1) is 13.2. The van der Waals surface area contributed by atoms with E-state index in [0.29, 0.717) is 25.0 Å². The average molecular weight is 386 g/mol. The second-order valence-electron chi connectivity index (χ2n) is 9.39. The zero-order valence-corrected chi connectivity index (χ0v) is 16.4. The third kappa shape index (κ3) is 1.90. The summed E-state index contributed by atoms with van der Waals surface area (Å²) < 4.78 is 17.9. The highest BCUT2D eigenvalue weighted by molar-refractivity contribution is 5.89. The summed E-state index contributed by atoms with van der Waals surface area (Å²) in [6.45, 7) is 6.34. The highest BCUT2D eigenvalue weighted by Crippen LogP contribution is 2.76. The summed E-state index contributed by atoms with van der Waals surface area (Å²) in [5, 5.41) is 11.2. The van der Waals surface area contributed by atoms with Crippen molar-refractivity contribution in [3.63, 3.8) is 0 Å². The minimum Gasteiger partial charge on any atom is -0.458 e. The molecule has 4 fully saturated rings. The van der Waals surface area contributed by atoms with E-state index >= 15 is 0 Å². The van der Waals surface area contributed by atoms with E-state index in [9.17, 15) is 14.7 Å². The van der Waals surface area contributed by atoms with E-state index in [-0.39, 0.29) is 36.3 Å². The molecule has 6 heteroatoms. The Morgan fingerprint density at radius 3 is 2.68 bits per heavy atom. The van der Waals surface area contributed by atoms with Gasteiger partial charge in [-0.15, -0.1) is 0 Å². The molecule has 0 radical (unpaired) electrons. The van der Waals surface area contributed by atoms with Gasteiger partial charge in [-0.25, -0.2) is 4.79 Å². The molecule has 2 saturated heterocycles. The van der Waals surface area contributed by atoms with E-state index in [1.165, 1.54) is 0 Å². The SMILES string of the molecule is C[C@@H]1[C@]2(C)CO[C@@]1(O)C[C@@]13CC(=O)O[C@]12C[C@H](OC(=O)c1ccccc1)[C@@H]3C. The third-order valence-electron chi connectivity index (χ3n) is 8.48. The van der Waals surface area contributed by atoms with E-state index < -0.39 is 22.2 Å². The minimum absolute atomic E-state index is 0.133. The van der Waals surface area contributed by atoms with Gasteiger partial charge in [0.15, 0.2) is 5.79 Å². The lowest BCUT2D eigenvalue weighted by Gasteiger charge is -2.56. The smallest absolute Gasteiger partial charge is 0.338 e. The number of ether oxygens (including phenoxy) is 3. The van der Waals surface area contributed by atoms with Gasteiger partial charge in [0.1, 0.15) is 11.7 Å². The lowest BCUT2D eigenvalue weighted by atomic mass is 9.48. The molecule has 2 saturated carbocycles. The summed E-state index contributed by atoms with van der Waals surface area (Å²) in [6.07, 6.45) is 0.608. The number of esters is 2. The van der Waals surface area contributed by atoms with Gasteiger partial charge in [-0.05, 0) is 12.1 Å². The largest absolute Gasteiger partial charge is 0.458 e. The first-order valence-electron chi connectivity index (χ1n) is 10.0. The zero-order chi connectivity index (χ0) is 19.9. The summed E-state index contributed by atoms with van der Waals surface area (Å²) in [5.74, 6) is -2.20. The van der Waals surface area contributed by atoms with Crippen LogP contribution in [0.5, 0.6) is 0 Å². The normalized spacial score (nSPS) is 48.7. The van der Waals surface area contributed by atoms with E-state index in [4.69, 9.17) is 14.2 Å². The quantitative estimate of drug-likeness (QED) is 0.787. The molecule has 150 valence electrons. The van der Waals surface area contributed by atoms with Crippen molar-refractivity contribution in [3.05, 3.63) is 35.9 Å². The topological polar surface area (TPSA) is 82.1 Å². The van der Waals surface area contributed by atoms with Crippen molar-refractivity contribution in [2.24, 2.45) is 22.7 Å². The van der Waals surface area contributed by atoms with Gasteiger partial charge in [-0.1, -0.05) is 39.0 Å². The van der Waals surface area contributed by atoms with Gasteiger partial charge < -0.3 is 19.3 Å². The molecule has 5 rings (SSSR count). The number of carbonyl (C=O) groups excluding carboxylic acids is 2. The van der Waals surface area contributed by atoms with Crippen LogP contribution >= 0.6 is 0 Å². The molecule has 1 aromatic carbocycles. The van der Waals surface area contributed by atoms with Crippen LogP contribution in [0.4, 0.5) is 0 Å². The summed E-state index contributed by atoms with van der Waals surface area (Å²) >= 11 is 0. The van der Waals surface area contributed by atoms with E-state index in [2.05, 4.69) is 0 Å². The van der Waals surface area contributed by atoms with Crippen molar-refractivity contribution in [1.82, 2.24) is 0 Å². The highest BCUT2D eigenvalue weighted by Gasteiger charge is 2.84. The van der Waals surface area contributed by atoms with Crippen LogP contribution in [0.2, 0.25) is 0 Å². The Balaban J connectivity index is 1.54. The van der Waals surface area contributed by atoms with E-state index in [1.807, 2.05) is 26.8 Å². The lowest BCUT2D eigenvalue weighted by molar-refractivity contribution is -0.257. The molecule has 2 aliphatic heterocycles. The molecule has 1 aromatic rings. The van der Waals surface area contributed by atoms with Crippen molar-refractivity contribution in [2.45, 2.75) is 57.5 Å². The van der Waals surface area contributed by atoms with Crippen LogP contribution in [-0.2, 0) is 19.0 Å². The summed E-state index contributed by atoms with van der Waals surface area (Å²) in [7, 11) is 0. The van der Waals surface area contributed by atoms with Gasteiger partial charge in [0.25, 0.3) is 0 Å². The number of aliphatic hydroxyl groups is 1. The Hall–Kier alpha value is -1.92. The van der Waals surface area contributed by atoms with Gasteiger partial charge in [0, 0.05) is 35.5 Å². The van der Waals surface area contributed by atoms with Crippen LogP contribution < -0.4 is 0 Å². The molecule has 4 aliphatic rings. The van der Waals surface area contributed by atoms with Crippen LogP contribution in [0.25, 0.3) is 0 Å². The van der Waals surface area contributed by atoms with Gasteiger partial charge >= 0.3 is 11.9 Å². The molecule has 0 aromatic heterocycles. The number of hydrogen-bond acceptors (Lipinski definition) is 6. The van der Waals surface area contributed by atoms with Crippen LogP contribution in [-0.4, -0.2) is 41.1 Å². The number of rotatable bonds is 2. The van der Waals surface area contributed by atoms with Crippen LogP contribution in [0.1, 0.15) is 50.4 Å². The molecule has 2 heterocycles. The molecule has 0 unspecified atom stereocenters. The predicted molar refractivity (Wildman–Crippen MR) is 98.1 cm³/mol. The summed E-state index contributed by atoms with van der Waals surface area (Å²) in [6, 6.07) is 8.92. The first kappa shape index (κ1) is 18.1. The van der Waals surface area contributed by atoms with Crippen LogP contribution in [0, 0.1) is 22.7 Å². The number of fused-ring (bicyclic) bond motifs is 2. The molecule has 1 N–H and O–H groups in total. The van der Waals surface area contributed by atoms with Crippen molar-refractivity contribution < 1.29 is 28.9 Å². The molecule has 2 aliphatic carbocycles. The maximum Gasteiger partial charge on any atom is 0.338 e. The Kier molecular flexibility index (Phi) is 3.47. The number of hydrogen-bond donors (Lipinski definition) is 1. The standard InChI is InChI=1S/C22H26O6/c1-13-16(27-18(24)15-7-5-4-6-8-15)9-22-19(3)12-26-21(25,14(19)2)11-20(13,22)10-17(23)28-22/h4-8,13-14,16,25H,9-12H2,1-3H3/t13-,14+,16-,19-,20+,21-,22-/m0/s1. The first-order valence-corrected chi connectivity index (χ1v) is 10.0. The van der Waals surface area contributed by atoms with Crippen LogP contribution in [0.15, 0.2) is 30.3 Å². The lowest BCUT2D eigenvalue weighted by Crippen LogP contribution is -2.64. The number of benzene rings is 1. The monoisotopic (exact) mass is 386 g/mol. The Morgan fingerprint density at radius 1 is 1.25 bits per heavy atom. The fourth-order valence-electron chi connectivity index (χ4n) is 6.68. The fraction of sp³-hybridized carbons (Fsp3) is 0.636. The van der Waals surface area contributed by atoms with Crippen molar-refractivity contribution in [3.8, 4) is 0 Å². The Morgan fingerprint density at radius 2 is 1.96 bits per heavy atom. The van der Waals surface area contributed by atoms with E-state index in [1.54, 1.807) is 24.3 Å². The van der Waals surface area contributed by atoms with Gasteiger partial charge in [0.05, 0.1) is 18.6 Å².